The minimum atomic E-state index is -4.53. The van der Waals surface area contributed by atoms with E-state index in [4.69, 9.17) is 9.47 Å². The van der Waals surface area contributed by atoms with Crippen LogP contribution in [0.5, 0.6) is 11.8 Å². The van der Waals surface area contributed by atoms with E-state index in [-0.39, 0.29) is 24.8 Å². The molecule has 0 amide bonds. The number of ether oxygens (including phenoxy) is 2. The normalized spacial score (nSPS) is 11.9. The number of nitrogens with zero attached hydrogens (tertiary/aromatic N) is 3. The highest BCUT2D eigenvalue weighted by atomic mass is 32.1. The molecule has 3 aromatic rings. The van der Waals surface area contributed by atoms with E-state index in [9.17, 15) is 13.2 Å². The molecule has 5 nitrogen and oxygen atoms in total. The van der Waals surface area contributed by atoms with E-state index in [2.05, 4.69) is 21.0 Å². The van der Waals surface area contributed by atoms with Crippen LogP contribution in [-0.4, -0.2) is 28.7 Å². The molecule has 0 unspecified atom stereocenters. The van der Waals surface area contributed by atoms with Crippen LogP contribution in [0.25, 0.3) is 11.3 Å². The van der Waals surface area contributed by atoms with Crippen molar-refractivity contribution in [1.82, 2.24) is 15.0 Å². The van der Waals surface area contributed by atoms with Gasteiger partial charge in [-0.25, -0.2) is 15.0 Å². The third kappa shape index (κ3) is 7.92. The summed E-state index contributed by atoms with van der Waals surface area (Å²) in [5, 5.41) is 2.52. The monoisotopic (exact) mass is 503 g/mol. The second-order valence-electron chi connectivity index (χ2n) is 8.27. The lowest BCUT2D eigenvalue weighted by Crippen LogP contribution is -2.10. The van der Waals surface area contributed by atoms with Crippen LogP contribution < -0.4 is 9.47 Å². The van der Waals surface area contributed by atoms with Gasteiger partial charge in [0.15, 0.2) is 0 Å². The van der Waals surface area contributed by atoms with Crippen molar-refractivity contribution in [3.8, 4) is 23.0 Å². The molecule has 0 atom stereocenters. The molecule has 0 bridgehead atoms. The smallest absolute Gasteiger partial charge is 0.419 e. The molecule has 2 heterocycles. The van der Waals surface area contributed by atoms with Gasteiger partial charge in [-0.1, -0.05) is 23.3 Å². The third-order valence-electron chi connectivity index (χ3n) is 5.12. The summed E-state index contributed by atoms with van der Waals surface area (Å²) >= 11 is 1.37. The number of halogens is 3. The molecular formula is C26H28F3N3O2S. The third-order valence-corrected chi connectivity index (χ3v) is 5.97. The molecule has 2 aromatic heterocycles. The van der Waals surface area contributed by atoms with E-state index in [1.54, 1.807) is 18.5 Å². The van der Waals surface area contributed by atoms with Crippen LogP contribution in [0.4, 0.5) is 13.2 Å². The molecular weight excluding hydrogens is 475 g/mol. The number of methoxy groups -OCH3 is 1. The van der Waals surface area contributed by atoms with Crippen LogP contribution in [0.3, 0.4) is 0 Å². The number of hydrogen-bond donors (Lipinski definition) is 0. The average molecular weight is 504 g/mol. The Morgan fingerprint density at radius 3 is 2.49 bits per heavy atom. The number of hydrogen-bond acceptors (Lipinski definition) is 6. The van der Waals surface area contributed by atoms with Gasteiger partial charge < -0.3 is 9.47 Å². The van der Waals surface area contributed by atoms with Gasteiger partial charge in [0.05, 0.1) is 23.4 Å². The molecule has 186 valence electrons. The zero-order chi connectivity index (χ0) is 25.4. The zero-order valence-electron chi connectivity index (χ0n) is 20.1. The molecule has 0 fully saturated rings. The standard InChI is InChI=1S/C26H28F3N3O2S/c1-17(2)6-5-7-18(3)10-11-34-23-9-8-19(12-21(23)26(27,28)29)13-24-32-22(16-35-24)20-14-30-25(33-4)31-15-20/h6,8-10,12,14-16H,5,7,11,13H2,1-4H3/b18-10+. The van der Waals surface area contributed by atoms with Crippen LogP contribution >= 0.6 is 11.3 Å². The number of allylic oxidation sites excluding steroid dienone is 3. The molecule has 35 heavy (non-hydrogen) atoms. The first kappa shape index (κ1) is 26.4. The van der Waals surface area contributed by atoms with E-state index in [0.717, 1.165) is 24.5 Å². The second kappa shape index (κ2) is 12.0. The Kier molecular flexibility index (Phi) is 9.03. The predicted octanol–water partition coefficient (Wildman–Crippen LogP) is 7.29. The number of aromatic nitrogens is 3. The summed E-state index contributed by atoms with van der Waals surface area (Å²) in [6, 6.07) is 4.42. The fourth-order valence-electron chi connectivity index (χ4n) is 3.25. The van der Waals surface area contributed by atoms with Gasteiger partial charge in [-0.3, -0.25) is 0 Å². The summed E-state index contributed by atoms with van der Waals surface area (Å²) in [5.74, 6) is -0.176. The Bertz CT molecular complexity index is 1180. The maximum absolute atomic E-state index is 13.7. The molecule has 0 saturated carbocycles. The Hall–Kier alpha value is -3.20. The van der Waals surface area contributed by atoms with Crippen LogP contribution in [-0.2, 0) is 12.6 Å². The Morgan fingerprint density at radius 2 is 1.83 bits per heavy atom. The highest BCUT2D eigenvalue weighted by Crippen LogP contribution is 2.37. The minimum absolute atomic E-state index is 0.0862. The van der Waals surface area contributed by atoms with Gasteiger partial charge in [-0.2, -0.15) is 13.2 Å². The van der Waals surface area contributed by atoms with Crippen LogP contribution in [0.1, 0.15) is 49.7 Å². The summed E-state index contributed by atoms with van der Waals surface area (Å²) in [6.45, 7) is 6.11. The number of rotatable bonds is 10. The van der Waals surface area contributed by atoms with Crippen molar-refractivity contribution in [2.45, 2.75) is 46.2 Å². The van der Waals surface area contributed by atoms with Gasteiger partial charge in [0.1, 0.15) is 12.4 Å². The first-order chi connectivity index (χ1) is 16.7. The molecule has 0 spiro atoms. The van der Waals surface area contributed by atoms with E-state index in [1.165, 1.54) is 30.1 Å². The fourth-order valence-corrected chi connectivity index (χ4v) is 4.09. The van der Waals surface area contributed by atoms with Crippen molar-refractivity contribution in [3.05, 3.63) is 75.4 Å². The summed E-state index contributed by atoms with van der Waals surface area (Å²) < 4.78 is 51.7. The van der Waals surface area contributed by atoms with Gasteiger partial charge in [0.25, 0.3) is 0 Å². The SMILES string of the molecule is COc1ncc(-c2csc(Cc3ccc(OC/C=C(\C)CCC=C(C)C)c(C(F)(F)F)c3)n2)cn1. The van der Waals surface area contributed by atoms with Gasteiger partial charge in [-0.15, -0.1) is 11.3 Å². The van der Waals surface area contributed by atoms with Crippen molar-refractivity contribution in [2.75, 3.05) is 13.7 Å². The summed E-state index contributed by atoms with van der Waals surface area (Å²) in [7, 11) is 1.48. The van der Waals surface area contributed by atoms with Crippen molar-refractivity contribution in [2.24, 2.45) is 0 Å². The Labute approximate surface area is 207 Å². The summed E-state index contributed by atoms with van der Waals surface area (Å²) in [6.07, 6.45) is 4.64. The lowest BCUT2D eigenvalue weighted by atomic mass is 10.1. The highest BCUT2D eigenvalue weighted by molar-refractivity contribution is 7.10. The molecule has 0 aliphatic rings. The van der Waals surface area contributed by atoms with Crippen molar-refractivity contribution in [1.29, 1.82) is 0 Å². The maximum atomic E-state index is 13.7. The predicted molar refractivity (Wildman–Crippen MR) is 132 cm³/mol. The quantitative estimate of drug-likeness (QED) is 0.272. The minimum Gasteiger partial charge on any atom is -0.489 e. The van der Waals surface area contributed by atoms with E-state index < -0.39 is 11.7 Å². The average Bonchev–Trinajstić information content (AvgIpc) is 3.27. The molecule has 0 radical (unpaired) electrons. The van der Waals surface area contributed by atoms with Gasteiger partial charge in [0, 0.05) is 29.8 Å². The molecule has 0 N–H and O–H groups in total. The van der Waals surface area contributed by atoms with E-state index in [0.29, 0.717) is 21.8 Å². The fraction of sp³-hybridized carbons (Fsp3) is 0.346. The molecule has 0 aliphatic heterocycles. The largest absolute Gasteiger partial charge is 0.489 e. The highest BCUT2D eigenvalue weighted by Gasteiger charge is 2.34. The van der Waals surface area contributed by atoms with Crippen molar-refractivity contribution in [3.63, 3.8) is 0 Å². The Balaban J connectivity index is 1.69. The number of benzene rings is 1. The van der Waals surface area contributed by atoms with E-state index in [1.807, 2.05) is 32.2 Å². The molecule has 0 saturated heterocycles. The van der Waals surface area contributed by atoms with Gasteiger partial charge in [-0.05, 0) is 57.4 Å². The number of alkyl halides is 3. The van der Waals surface area contributed by atoms with Gasteiger partial charge >= 0.3 is 12.2 Å². The Morgan fingerprint density at radius 1 is 1.09 bits per heavy atom. The van der Waals surface area contributed by atoms with Crippen LogP contribution in [0, 0.1) is 0 Å². The lowest BCUT2D eigenvalue weighted by Gasteiger charge is -2.15. The first-order valence-corrected chi connectivity index (χ1v) is 12.0. The summed E-state index contributed by atoms with van der Waals surface area (Å²) in [4.78, 5) is 12.6. The van der Waals surface area contributed by atoms with Crippen molar-refractivity contribution >= 4 is 11.3 Å². The van der Waals surface area contributed by atoms with Crippen LogP contribution in [0.2, 0.25) is 0 Å². The molecule has 9 heteroatoms. The maximum Gasteiger partial charge on any atom is 0.419 e. The van der Waals surface area contributed by atoms with Gasteiger partial charge in [0.2, 0.25) is 0 Å². The summed E-state index contributed by atoms with van der Waals surface area (Å²) in [5.41, 5.74) is 3.41. The first-order valence-electron chi connectivity index (χ1n) is 11.1. The zero-order valence-corrected chi connectivity index (χ0v) is 21.0. The topological polar surface area (TPSA) is 57.1 Å². The second-order valence-corrected chi connectivity index (χ2v) is 9.21. The molecule has 1 aromatic carbocycles. The van der Waals surface area contributed by atoms with Crippen molar-refractivity contribution < 1.29 is 22.6 Å². The molecule has 3 rings (SSSR count). The van der Waals surface area contributed by atoms with E-state index >= 15 is 0 Å². The molecule has 0 aliphatic carbocycles. The number of thiazole rings is 1. The van der Waals surface area contributed by atoms with Crippen LogP contribution in [0.15, 0.2) is 59.3 Å². The lowest BCUT2D eigenvalue weighted by molar-refractivity contribution is -0.138.